The molecule has 2 heterocycles. The van der Waals surface area contributed by atoms with Crippen LogP contribution in [0.25, 0.3) is 0 Å². The highest BCUT2D eigenvalue weighted by molar-refractivity contribution is 5.72. The first-order valence-corrected chi connectivity index (χ1v) is 6.49. The normalized spacial score (nSPS) is 15.6. The molecule has 0 radical (unpaired) electrons. The zero-order chi connectivity index (χ0) is 13.0. The molecular formula is C13H20N4O. The van der Waals surface area contributed by atoms with E-state index in [-0.39, 0.29) is 5.91 Å². The van der Waals surface area contributed by atoms with Crippen molar-refractivity contribution < 1.29 is 4.79 Å². The predicted octanol–water partition coefficient (Wildman–Crippen LogP) is 1.41. The van der Waals surface area contributed by atoms with Crippen LogP contribution in [0.1, 0.15) is 37.6 Å². The Morgan fingerprint density at radius 2 is 2.06 bits per heavy atom. The average molecular weight is 248 g/mol. The molecule has 1 N–H and O–H groups in total. The fourth-order valence-corrected chi connectivity index (χ4v) is 2.16. The second kappa shape index (κ2) is 5.80. The number of amides is 1. The smallest absolute Gasteiger partial charge is 0.225 e. The maximum atomic E-state index is 10.9. The van der Waals surface area contributed by atoms with E-state index in [0.717, 1.165) is 30.4 Å². The number of rotatable bonds is 3. The molecule has 2 rings (SSSR count). The first-order chi connectivity index (χ1) is 8.65. The van der Waals surface area contributed by atoms with E-state index >= 15 is 0 Å². The monoisotopic (exact) mass is 248 g/mol. The summed E-state index contributed by atoms with van der Waals surface area (Å²) in [4.78, 5) is 22.2. The number of anilines is 1. The van der Waals surface area contributed by atoms with Crippen molar-refractivity contribution in [3.63, 3.8) is 0 Å². The van der Waals surface area contributed by atoms with Crippen LogP contribution in [0.4, 0.5) is 5.95 Å². The molecule has 1 fully saturated rings. The van der Waals surface area contributed by atoms with E-state index in [0.29, 0.717) is 6.54 Å². The van der Waals surface area contributed by atoms with Crippen LogP contribution in [0.5, 0.6) is 0 Å². The summed E-state index contributed by atoms with van der Waals surface area (Å²) in [6.07, 6.45) is 3.71. The van der Waals surface area contributed by atoms with Crippen molar-refractivity contribution in [1.82, 2.24) is 15.3 Å². The first kappa shape index (κ1) is 12.8. The minimum atomic E-state index is -0.0363. The lowest BCUT2D eigenvalue weighted by Crippen LogP contribution is -2.31. The summed E-state index contributed by atoms with van der Waals surface area (Å²) in [5.74, 6) is 0.765. The molecule has 1 amide bonds. The highest BCUT2D eigenvalue weighted by Gasteiger charge is 2.14. The topological polar surface area (TPSA) is 58.1 Å². The van der Waals surface area contributed by atoms with Gasteiger partial charge in [0, 0.05) is 25.7 Å². The van der Waals surface area contributed by atoms with Crippen molar-refractivity contribution in [2.75, 3.05) is 18.0 Å². The number of aromatic nitrogens is 2. The summed E-state index contributed by atoms with van der Waals surface area (Å²) in [5.41, 5.74) is 1.82. The van der Waals surface area contributed by atoms with E-state index < -0.39 is 0 Å². The van der Waals surface area contributed by atoms with Gasteiger partial charge in [0.2, 0.25) is 11.9 Å². The second-order valence-electron chi connectivity index (χ2n) is 4.76. The highest BCUT2D eigenvalue weighted by Crippen LogP contribution is 2.16. The van der Waals surface area contributed by atoms with Gasteiger partial charge in [0.1, 0.15) is 0 Å². The second-order valence-corrected chi connectivity index (χ2v) is 4.76. The summed E-state index contributed by atoms with van der Waals surface area (Å²) in [7, 11) is 0. The van der Waals surface area contributed by atoms with Crippen molar-refractivity contribution in [2.24, 2.45) is 0 Å². The van der Waals surface area contributed by atoms with Crippen molar-refractivity contribution in [1.29, 1.82) is 0 Å². The summed E-state index contributed by atoms with van der Waals surface area (Å²) >= 11 is 0. The fourth-order valence-electron chi connectivity index (χ4n) is 2.16. The molecule has 1 aromatic heterocycles. The lowest BCUT2D eigenvalue weighted by atomic mass is 10.1. The predicted molar refractivity (Wildman–Crippen MR) is 70.4 cm³/mol. The van der Waals surface area contributed by atoms with E-state index in [1.165, 1.54) is 26.2 Å². The van der Waals surface area contributed by atoms with Crippen molar-refractivity contribution in [3.8, 4) is 0 Å². The number of nitrogens with zero attached hydrogens (tertiary/aromatic N) is 3. The molecule has 1 aliphatic rings. The van der Waals surface area contributed by atoms with Crippen LogP contribution < -0.4 is 10.2 Å². The van der Waals surface area contributed by atoms with Gasteiger partial charge in [0.05, 0.1) is 12.2 Å². The SMILES string of the molecule is CC(=O)NCc1cc(C)nc(N2CCCCC2)n1. The Labute approximate surface area is 108 Å². The third kappa shape index (κ3) is 3.42. The molecule has 98 valence electrons. The molecule has 0 atom stereocenters. The van der Waals surface area contributed by atoms with Crippen LogP contribution in [0.2, 0.25) is 0 Å². The number of aryl methyl sites for hydroxylation is 1. The molecule has 5 nitrogen and oxygen atoms in total. The number of hydrogen-bond acceptors (Lipinski definition) is 4. The summed E-state index contributed by atoms with van der Waals surface area (Å²) in [5, 5.41) is 2.77. The van der Waals surface area contributed by atoms with Gasteiger partial charge in [-0.1, -0.05) is 0 Å². The molecule has 0 saturated carbocycles. The Hall–Kier alpha value is -1.65. The van der Waals surface area contributed by atoms with Crippen LogP contribution in [-0.2, 0) is 11.3 Å². The number of hydrogen-bond donors (Lipinski definition) is 1. The fraction of sp³-hybridized carbons (Fsp3) is 0.615. The number of piperidine rings is 1. The molecule has 0 aliphatic carbocycles. The number of carbonyl (C=O) groups is 1. The Bertz CT molecular complexity index is 427. The van der Waals surface area contributed by atoms with Gasteiger partial charge >= 0.3 is 0 Å². The van der Waals surface area contributed by atoms with E-state index in [1.807, 2.05) is 13.0 Å². The Kier molecular flexibility index (Phi) is 4.12. The van der Waals surface area contributed by atoms with Gasteiger partial charge in [-0.2, -0.15) is 0 Å². The van der Waals surface area contributed by atoms with Crippen LogP contribution >= 0.6 is 0 Å². The van der Waals surface area contributed by atoms with E-state index in [9.17, 15) is 4.79 Å². The van der Waals surface area contributed by atoms with Crippen molar-refractivity contribution >= 4 is 11.9 Å². The number of carbonyl (C=O) groups excluding carboxylic acids is 1. The molecule has 0 aromatic carbocycles. The average Bonchev–Trinajstić information content (AvgIpc) is 2.37. The van der Waals surface area contributed by atoms with Crippen molar-refractivity contribution in [2.45, 2.75) is 39.7 Å². The Morgan fingerprint density at radius 1 is 1.33 bits per heavy atom. The largest absolute Gasteiger partial charge is 0.351 e. The summed E-state index contributed by atoms with van der Waals surface area (Å²) in [6.45, 7) is 6.01. The standard InChI is InChI=1S/C13H20N4O/c1-10-8-12(9-14-11(2)18)16-13(15-10)17-6-4-3-5-7-17/h8H,3-7,9H2,1-2H3,(H,14,18). The Balaban J connectivity index is 2.12. The van der Waals surface area contributed by atoms with E-state index in [4.69, 9.17) is 0 Å². The van der Waals surface area contributed by atoms with Gasteiger partial charge in [-0.15, -0.1) is 0 Å². The Morgan fingerprint density at radius 3 is 2.72 bits per heavy atom. The zero-order valence-corrected chi connectivity index (χ0v) is 11.1. The molecule has 0 unspecified atom stereocenters. The molecule has 0 bridgehead atoms. The summed E-state index contributed by atoms with van der Waals surface area (Å²) < 4.78 is 0. The van der Waals surface area contributed by atoms with Gasteiger partial charge in [0.15, 0.2) is 0 Å². The minimum absolute atomic E-state index is 0.0363. The van der Waals surface area contributed by atoms with E-state index in [1.54, 1.807) is 0 Å². The quantitative estimate of drug-likeness (QED) is 0.878. The number of nitrogens with one attached hydrogen (secondary N) is 1. The third-order valence-electron chi connectivity index (χ3n) is 3.05. The first-order valence-electron chi connectivity index (χ1n) is 6.49. The molecule has 1 aromatic rings. The van der Waals surface area contributed by atoms with Crippen LogP contribution in [0, 0.1) is 6.92 Å². The van der Waals surface area contributed by atoms with Gasteiger partial charge in [-0.25, -0.2) is 9.97 Å². The lowest BCUT2D eigenvalue weighted by molar-refractivity contribution is -0.119. The van der Waals surface area contributed by atoms with Gasteiger partial charge < -0.3 is 10.2 Å². The van der Waals surface area contributed by atoms with E-state index in [2.05, 4.69) is 20.2 Å². The highest BCUT2D eigenvalue weighted by atomic mass is 16.1. The molecular weight excluding hydrogens is 228 g/mol. The zero-order valence-electron chi connectivity index (χ0n) is 11.1. The van der Waals surface area contributed by atoms with Crippen LogP contribution in [0.3, 0.4) is 0 Å². The van der Waals surface area contributed by atoms with Gasteiger partial charge in [-0.05, 0) is 32.3 Å². The third-order valence-corrected chi connectivity index (χ3v) is 3.05. The molecule has 0 spiro atoms. The van der Waals surface area contributed by atoms with Gasteiger partial charge in [-0.3, -0.25) is 4.79 Å². The maximum absolute atomic E-state index is 10.9. The molecule has 18 heavy (non-hydrogen) atoms. The van der Waals surface area contributed by atoms with Crippen molar-refractivity contribution in [3.05, 3.63) is 17.5 Å². The van der Waals surface area contributed by atoms with Crippen LogP contribution in [0.15, 0.2) is 6.07 Å². The molecule has 1 saturated heterocycles. The molecule has 1 aliphatic heterocycles. The van der Waals surface area contributed by atoms with Crippen LogP contribution in [-0.4, -0.2) is 29.0 Å². The van der Waals surface area contributed by atoms with Gasteiger partial charge in [0.25, 0.3) is 0 Å². The lowest BCUT2D eigenvalue weighted by Gasteiger charge is -2.27. The summed E-state index contributed by atoms with van der Waals surface area (Å²) in [6, 6.07) is 1.92. The maximum Gasteiger partial charge on any atom is 0.225 e. The minimum Gasteiger partial charge on any atom is -0.351 e. The molecule has 5 heteroatoms.